The average Bonchev–Trinajstić information content (AvgIpc) is 2.93. The van der Waals surface area contributed by atoms with Crippen LogP contribution in [0.1, 0.15) is 41.3 Å². The topological polar surface area (TPSA) is 57.6 Å². The molecule has 1 aromatic carbocycles. The molecular formula is C17H21NO3. The highest BCUT2D eigenvalue weighted by Crippen LogP contribution is 2.26. The van der Waals surface area contributed by atoms with Crippen LogP contribution in [0.15, 0.2) is 18.2 Å². The Morgan fingerprint density at radius 3 is 2.71 bits per heavy atom. The number of fused-ring (bicyclic) bond motifs is 1. The number of benzene rings is 1. The van der Waals surface area contributed by atoms with Crippen LogP contribution in [0, 0.1) is 11.8 Å². The number of hydrogen-bond donors (Lipinski definition) is 1. The molecule has 21 heavy (non-hydrogen) atoms. The van der Waals surface area contributed by atoms with Crippen molar-refractivity contribution in [2.75, 3.05) is 13.1 Å². The number of aliphatic carboxylic acids is 1. The number of amides is 1. The van der Waals surface area contributed by atoms with Crippen LogP contribution in [0.2, 0.25) is 0 Å². The molecule has 1 heterocycles. The SMILES string of the molecule is CC1CC(C(=O)O)CN(C(=O)c2ccc3c(c2)CCC3)C1. The number of carbonyl (C=O) groups excluding carboxylic acids is 1. The summed E-state index contributed by atoms with van der Waals surface area (Å²) in [4.78, 5) is 25.6. The number of carboxylic acid groups (broad SMARTS) is 1. The molecule has 1 saturated heterocycles. The van der Waals surface area contributed by atoms with Crippen LogP contribution >= 0.6 is 0 Å². The van der Waals surface area contributed by atoms with E-state index < -0.39 is 11.9 Å². The number of nitrogens with zero attached hydrogens (tertiary/aromatic N) is 1. The molecule has 0 spiro atoms. The molecule has 3 rings (SSSR count). The smallest absolute Gasteiger partial charge is 0.308 e. The van der Waals surface area contributed by atoms with Crippen LogP contribution < -0.4 is 0 Å². The van der Waals surface area contributed by atoms with Crippen molar-refractivity contribution in [2.45, 2.75) is 32.6 Å². The molecule has 2 aliphatic rings. The van der Waals surface area contributed by atoms with E-state index in [2.05, 4.69) is 6.07 Å². The summed E-state index contributed by atoms with van der Waals surface area (Å²) in [5.41, 5.74) is 3.33. The van der Waals surface area contributed by atoms with E-state index >= 15 is 0 Å². The zero-order valence-corrected chi connectivity index (χ0v) is 12.3. The van der Waals surface area contributed by atoms with E-state index in [0.717, 1.165) is 19.3 Å². The van der Waals surface area contributed by atoms with Gasteiger partial charge in [-0.15, -0.1) is 0 Å². The molecule has 0 aromatic heterocycles. The van der Waals surface area contributed by atoms with Crippen LogP contribution in [0.5, 0.6) is 0 Å². The number of carboxylic acids is 1. The molecule has 1 N–H and O–H groups in total. The summed E-state index contributed by atoms with van der Waals surface area (Å²) < 4.78 is 0. The Morgan fingerprint density at radius 2 is 1.95 bits per heavy atom. The summed E-state index contributed by atoms with van der Waals surface area (Å²) in [6.45, 7) is 2.99. The highest BCUT2D eigenvalue weighted by Gasteiger charge is 2.32. The van der Waals surface area contributed by atoms with E-state index in [0.29, 0.717) is 25.1 Å². The lowest BCUT2D eigenvalue weighted by Gasteiger charge is -2.34. The fraction of sp³-hybridized carbons (Fsp3) is 0.529. The summed E-state index contributed by atoms with van der Waals surface area (Å²) in [7, 11) is 0. The summed E-state index contributed by atoms with van der Waals surface area (Å²) in [6.07, 6.45) is 3.97. The average molecular weight is 287 g/mol. The minimum absolute atomic E-state index is 0.0255. The lowest BCUT2D eigenvalue weighted by Crippen LogP contribution is -2.45. The van der Waals surface area contributed by atoms with Gasteiger partial charge in [0.1, 0.15) is 0 Å². The van der Waals surface area contributed by atoms with Crippen LogP contribution in [0.25, 0.3) is 0 Å². The van der Waals surface area contributed by atoms with Gasteiger partial charge in [-0.05, 0) is 54.9 Å². The predicted molar refractivity (Wildman–Crippen MR) is 79.3 cm³/mol. The Labute approximate surface area is 124 Å². The number of aryl methyl sites for hydroxylation is 2. The lowest BCUT2D eigenvalue weighted by atomic mass is 9.90. The zero-order valence-electron chi connectivity index (χ0n) is 12.3. The van der Waals surface area contributed by atoms with E-state index in [4.69, 9.17) is 0 Å². The van der Waals surface area contributed by atoms with Crippen molar-refractivity contribution in [3.8, 4) is 0 Å². The number of likely N-dealkylation sites (tertiary alicyclic amines) is 1. The Kier molecular flexibility index (Phi) is 3.70. The van der Waals surface area contributed by atoms with Crippen molar-refractivity contribution in [2.24, 2.45) is 11.8 Å². The molecule has 1 fully saturated rings. The molecule has 0 saturated carbocycles. The molecule has 112 valence electrons. The van der Waals surface area contributed by atoms with Crippen LogP contribution in [-0.4, -0.2) is 35.0 Å². The normalized spacial score (nSPS) is 24.7. The second kappa shape index (κ2) is 5.51. The minimum Gasteiger partial charge on any atom is -0.481 e. The Balaban J connectivity index is 1.79. The summed E-state index contributed by atoms with van der Waals surface area (Å²) in [6, 6.07) is 5.94. The van der Waals surface area contributed by atoms with Crippen molar-refractivity contribution >= 4 is 11.9 Å². The minimum atomic E-state index is -0.798. The third kappa shape index (κ3) is 2.80. The first-order chi connectivity index (χ1) is 10.0. The number of hydrogen-bond acceptors (Lipinski definition) is 2. The molecule has 2 atom stereocenters. The fourth-order valence-corrected chi connectivity index (χ4v) is 3.58. The molecule has 2 unspecified atom stereocenters. The van der Waals surface area contributed by atoms with Crippen molar-refractivity contribution in [1.82, 2.24) is 4.90 Å². The van der Waals surface area contributed by atoms with Gasteiger partial charge in [0.05, 0.1) is 5.92 Å². The number of rotatable bonds is 2. The van der Waals surface area contributed by atoms with Gasteiger partial charge < -0.3 is 10.0 Å². The first-order valence-corrected chi connectivity index (χ1v) is 7.68. The Hall–Kier alpha value is -1.84. The van der Waals surface area contributed by atoms with Gasteiger partial charge in [0, 0.05) is 18.7 Å². The molecule has 0 radical (unpaired) electrons. The van der Waals surface area contributed by atoms with E-state index in [-0.39, 0.29) is 11.8 Å². The molecule has 1 aromatic rings. The lowest BCUT2D eigenvalue weighted by molar-refractivity contribution is -0.143. The second-order valence-electron chi connectivity index (χ2n) is 6.42. The maximum atomic E-state index is 12.6. The fourth-order valence-electron chi connectivity index (χ4n) is 3.58. The van der Waals surface area contributed by atoms with E-state index in [9.17, 15) is 14.7 Å². The highest BCUT2D eigenvalue weighted by atomic mass is 16.4. The summed E-state index contributed by atoms with van der Waals surface area (Å²) in [5, 5.41) is 9.22. The molecule has 1 aliphatic carbocycles. The molecule has 4 nitrogen and oxygen atoms in total. The first kappa shape index (κ1) is 14.1. The van der Waals surface area contributed by atoms with E-state index in [1.165, 1.54) is 11.1 Å². The molecule has 0 bridgehead atoms. The van der Waals surface area contributed by atoms with Crippen molar-refractivity contribution in [3.05, 3.63) is 34.9 Å². The summed E-state index contributed by atoms with van der Waals surface area (Å²) in [5.74, 6) is -1.03. The number of piperidine rings is 1. The highest BCUT2D eigenvalue weighted by molar-refractivity contribution is 5.95. The van der Waals surface area contributed by atoms with Crippen LogP contribution in [0.3, 0.4) is 0 Å². The third-order valence-electron chi connectivity index (χ3n) is 4.64. The van der Waals surface area contributed by atoms with E-state index in [1.807, 2.05) is 19.1 Å². The van der Waals surface area contributed by atoms with Gasteiger partial charge in [-0.25, -0.2) is 0 Å². The third-order valence-corrected chi connectivity index (χ3v) is 4.64. The first-order valence-electron chi connectivity index (χ1n) is 7.68. The monoisotopic (exact) mass is 287 g/mol. The maximum absolute atomic E-state index is 12.6. The maximum Gasteiger partial charge on any atom is 0.308 e. The van der Waals surface area contributed by atoms with Crippen LogP contribution in [0.4, 0.5) is 0 Å². The molecule has 1 aliphatic heterocycles. The van der Waals surface area contributed by atoms with Gasteiger partial charge in [-0.1, -0.05) is 13.0 Å². The Bertz CT molecular complexity index is 581. The predicted octanol–water partition coefficient (Wildman–Crippen LogP) is 2.36. The van der Waals surface area contributed by atoms with Crippen molar-refractivity contribution < 1.29 is 14.7 Å². The van der Waals surface area contributed by atoms with Gasteiger partial charge in [0.15, 0.2) is 0 Å². The van der Waals surface area contributed by atoms with Gasteiger partial charge in [-0.2, -0.15) is 0 Å². The molecule has 1 amide bonds. The zero-order chi connectivity index (χ0) is 15.0. The molecule has 4 heteroatoms. The molecular weight excluding hydrogens is 266 g/mol. The Morgan fingerprint density at radius 1 is 1.19 bits per heavy atom. The van der Waals surface area contributed by atoms with Crippen LogP contribution in [-0.2, 0) is 17.6 Å². The van der Waals surface area contributed by atoms with Gasteiger partial charge in [0.25, 0.3) is 5.91 Å². The van der Waals surface area contributed by atoms with Gasteiger partial charge in [0.2, 0.25) is 0 Å². The van der Waals surface area contributed by atoms with Gasteiger partial charge in [-0.3, -0.25) is 9.59 Å². The van der Waals surface area contributed by atoms with Crippen molar-refractivity contribution in [3.63, 3.8) is 0 Å². The van der Waals surface area contributed by atoms with Crippen molar-refractivity contribution in [1.29, 1.82) is 0 Å². The number of carbonyl (C=O) groups is 2. The van der Waals surface area contributed by atoms with E-state index in [1.54, 1.807) is 4.90 Å². The second-order valence-corrected chi connectivity index (χ2v) is 6.42. The standard InChI is InChI=1S/C17H21NO3/c1-11-7-15(17(20)21)10-18(9-11)16(19)14-6-5-12-3-2-4-13(12)8-14/h5-6,8,11,15H,2-4,7,9-10H2,1H3,(H,20,21). The van der Waals surface area contributed by atoms with Gasteiger partial charge >= 0.3 is 5.97 Å². The quantitative estimate of drug-likeness (QED) is 0.908. The largest absolute Gasteiger partial charge is 0.481 e. The summed E-state index contributed by atoms with van der Waals surface area (Å²) >= 11 is 0.